The summed E-state index contributed by atoms with van der Waals surface area (Å²) in [6.45, 7) is 14.3. The van der Waals surface area contributed by atoms with Crippen LogP contribution in [0.5, 0.6) is 0 Å². The zero-order valence-electron chi connectivity index (χ0n) is 24.6. The van der Waals surface area contributed by atoms with Crippen LogP contribution in [0.4, 0.5) is 13.2 Å². The van der Waals surface area contributed by atoms with Crippen LogP contribution >= 0.6 is 0 Å². The van der Waals surface area contributed by atoms with E-state index in [1.54, 1.807) is 18.0 Å². The number of amides is 1. The van der Waals surface area contributed by atoms with Crippen LogP contribution in [0.3, 0.4) is 0 Å². The first-order valence-electron chi connectivity index (χ1n) is 14.0. The van der Waals surface area contributed by atoms with Crippen molar-refractivity contribution >= 4 is 5.91 Å². The summed E-state index contributed by atoms with van der Waals surface area (Å²) in [6.07, 6.45) is 4.17. The van der Waals surface area contributed by atoms with Crippen molar-refractivity contribution in [3.8, 4) is 0 Å². The Kier molecular flexibility index (Phi) is 12.9. The number of halogens is 3. The Morgan fingerprint density at radius 3 is 2.32 bits per heavy atom. The summed E-state index contributed by atoms with van der Waals surface area (Å²) in [5.74, 6) is 6.53. The van der Waals surface area contributed by atoms with Crippen molar-refractivity contribution in [3.63, 3.8) is 0 Å². The van der Waals surface area contributed by atoms with E-state index in [-0.39, 0.29) is 30.3 Å². The van der Waals surface area contributed by atoms with Crippen LogP contribution < -0.4 is 16.5 Å². The van der Waals surface area contributed by atoms with E-state index in [1.807, 2.05) is 70.2 Å². The molecule has 2 aromatic carbocycles. The van der Waals surface area contributed by atoms with E-state index < -0.39 is 11.7 Å². The Morgan fingerprint density at radius 1 is 1.15 bits per heavy atom. The highest BCUT2D eigenvalue weighted by atomic mass is 19.4. The van der Waals surface area contributed by atoms with E-state index in [4.69, 9.17) is 5.84 Å². The number of hydrazine groups is 1. The lowest BCUT2D eigenvalue weighted by Crippen LogP contribution is -2.43. The van der Waals surface area contributed by atoms with Gasteiger partial charge in [0.25, 0.3) is 5.91 Å². The number of allylic oxidation sites excluding steroid dienone is 4. The lowest BCUT2D eigenvalue weighted by molar-refractivity contribution is -0.137. The third-order valence-electron chi connectivity index (χ3n) is 7.02. The number of hydrogen-bond donors (Lipinski definition) is 3. The molecule has 0 bridgehead atoms. The summed E-state index contributed by atoms with van der Waals surface area (Å²) >= 11 is 0. The summed E-state index contributed by atoms with van der Waals surface area (Å²) in [7, 11) is 0. The number of benzene rings is 2. The van der Waals surface area contributed by atoms with Crippen LogP contribution in [0.2, 0.25) is 0 Å². The van der Waals surface area contributed by atoms with Crippen molar-refractivity contribution in [3.05, 3.63) is 119 Å². The second-order valence-electron chi connectivity index (χ2n) is 9.74. The molecule has 222 valence electrons. The zero-order valence-corrected chi connectivity index (χ0v) is 24.6. The normalized spacial score (nSPS) is 19.8. The van der Waals surface area contributed by atoms with Gasteiger partial charge in [-0.3, -0.25) is 9.80 Å². The Bertz CT molecular complexity index is 1220. The van der Waals surface area contributed by atoms with Crippen LogP contribution in [0, 0.1) is 5.92 Å². The lowest BCUT2D eigenvalue weighted by atomic mass is 9.90. The quantitative estimate of drug-likeness (QED) is 0.181. The maximum atomic E-state index is 13.3. The fraction of sp³-hybridized carbons (Fsp3) is 0.364. The zero-order chi connectivity index (χ0) is 30.6. The monoisotopic (exact) mass is 568 g/mol. The molecule has 1 heterocycles. The van der Waals surface area contributed by atoms with Gasteiger partial charge >= 0.3 is 6.18 Å². The van der Waals surface area contributed by atoms with Crippen LogP contribution in [0.25, 0.3) is 0 Å². The van der Waals surface area contributed by atoms with E-state index in [0.29, 0.717) is 23.5 Å². The van der Waals surface area contributed by atoms with Crippen molar-refractivity contribution in [1.29, 1.82) is 0 Å². The predicted molar refractivity (Wildman–Crippen MR) is 161 cm³/mol. The first-order chi connectivity index (χ1) is 19.6. The Morgan fingerprint density at radius 2 is 1.76 bits per heavy atom. The van der Waals surface area contributed by atoms with Gasteiger partial charge in [-0.15, -0.1) is 0 Å². The molecular weight excluding hydrogens is 525 g/mol. The van der Waals surface area contributed by atoms with Crippen molar-refractivity contribution in [1.82, 2.24) is 15.6 Å². The topological polar surface area (TPSA) is 70.4 Å². The van der Waals surface area contributed by atoms with E-state index >= 15 is 0 Å². The third-order valence-corrected chi connectivity index (χ3v) is 7.02. The molecule has 1 fully saturated rings. The SMILES string of the molecule is C=C/C=C(\C=C/C)C1CN/C(=C(/C)C(=O)NCC(c2ccccc2)c2ccc(C(F)(F)F)cc2)N(N)C(C)C1.CC. The predicted octanol–water partition coefficient (Wildman–Crippen LogP) is 7.07. The second-order valence-corrected chi connectivity index (χ2v) is 9.74. The fourth-order valence-corrected chi connectivity index (χ4v) is 4.83. The lowest BCUT2D eigenvalue weighted by Gasteiger charge is -2.28. The molecule has 0 saturated carbocycles. The van der Waals surface area contributed by atoms with E-state index in [2.05, 4.69) is 23.3 Å². The first-order valence-corrected chi connectivity index (χ1v) is 14.0. The standard InChI is InChI=1S/C31H37F3N4O.C2H6/c1-5-10-23(11-6-2)26-18-21(3)38(35)29(36-19-26)22(4)30(39)37-20-28(24-12-8-7-9-13-24)25-14-16-27(17-15-25)31(32,33)34;1-2/h5-17,21,26,28,36H,1,18-20,35H2,2-4H3,(H,37,39);1-2H3/b11-6-,23-10+,29-22+;. The number of nitrogens with one attached hydrogen (secondary N) is 2. The summed E-state index contributed by atoms with van der Waals surface area (Å²) in [6, 6.07) is 14.4. The summed E-state index contributed by atoms with van der Waals surface area (Å²) < 4.78 is 39.3. The number of hydrogen-bond acceptors (Lipinski definition) is 4. The molecule has 0 spiro atoms. The van der Waals surface area contributed by atoms with Gasteiger partial charge in [0.05, 0.1) is 11.1 Å². The minimum atomic E-state index is -4.41. The molecule has 1 aliphatic rings. The highest BCUT2D eigenvalue weighted by Gasteiger charge is 2.31. The molecule has 1 aliphatic heterocycles. The Balaban J connectivity index is 0.00000287. The van der Waals surface area contributed by atoms with Gasteiger partial charge in [-0.1, -0.05) is 87.2 Å². The van der Waals surface area contributed by atoms with Crippen molar-refractivity contribution < 1.29 is 18.0 Å². The molecule has 8 heteroatoms. The van der Waals surface area contributed by atoms with Gasteiger partial charge in [-0.05, 0) is 56.0 Å². The number of nitrogens with zero attached hydrogens (tertiary/aromatic N) is 1. The average Bonchev–Trinajstić information content (AvgIpc) is 3.12. The van der Waals surface area contributed by atoms with Gasteiger partial charge in [0.1, 0.15) is 5.82 Å². The van der Waals surface area contributed by atoms with Gasteiger partial charge < -0.3 is 10.6 Å². The fourth-order valence-electron chi connectivity index (χ4n) is 4.83. The van der Waals surface area contributed by atoms with Crippen LogP contribution in [-0.4, -0.2) is 30.0 Å². The molecule has 0 aromatic heterocycles. The molecule has 5 nitrogen and oxygen atoms in total. The Hall–Kier alpha value is -3.78. The molecule has 0 radical (unpaired) electrons. The van der Waals surface area contributed by atoms with Crippen LogP contribution in [0.1, 0.15) is 63.6 Å². The van der Waals surface area contributed by atoms with Gasteiger partial charge in [0, 0.05) is 31.0 Å². The second kappa shape index (κ2) is 15.9. The molecule has 3 rings (SSSR count). The number of nitrogens with two attached hydrogens (primary N) is 1. The highest BCUT2D eigenvalue weighted by Crippen LogP contribution is 2.32. The maximum absolute atomic E-state index is 13.3. The van der Waals surface area contributed by atoms with Crippen molar-refractivity contribution in [2.45, 2.75) is 59.2 Å². The smallest absolute Gasteiger partial charge is 0.370 e. The minimum absolute atomic E-state index is 0.0366. The van der Waals surface area contributed by atoms with E-state index in [9.17, 15) is 18.0 Å². The molecule has 41 heavy (non-hydrogen) atoms. The summed E-state index contributed by atoms with van der Waals surface area (Å²) in [5.41, 5.74) is 2.42. The minimum Gasteiger partial charge on any atom is -0.370 e. The largest absolute Gasteiger partial charge is 0.416 e. The number of carbonyl (C=O) groups is 1. The molecular formula is C33H43F3N4O. The summed E-state index contributed by atoms with van der Waals surface area (Å²) in [4.78, 5) is 13.3. The molecule has 1 saturated heterocycles. The molecule has 3 atom stereocenters. The molecule has 3 unspecified atom stereocenters. The molecule has 1 amide bonds. The van der Waals surface area contributed by atoms with Gasteiger partial charge in [-0.25, -0.2) is 5.84 Å². The van der Waals surface area contributed by atoms with E-state index in [1.165, 1.54) is 12.1 Å². The van der Waals surface area contributed by atoms with Gasteiger partial charge in [0.15, 0.2) is 0 Å². The van der Waals surface area contributed by atoms with Gasteiger partial charge in [-0.2, -0.15) is 13.2 Å². The summed E-state index contributed by atoms with van der Waals surface area (Å²) in [5, 5.41) is 7.94. The van der Waals surface area contributed by atoms with E-state index in [0.717, 1.165) is 29.7 Å². The third kappa shape index (κ3) is 9.11. The van der Waals surface area contributed by atoms with Crippen LogP contribution in [0.15, 0.2) is 102 Å². The number of carbonyl (C=O) groups excluding carboxylic acids is 1. The molecule has 0 aliphatic carbocycles. The molecule has 2 aromatic rings. The van der Waals surface area contributed by atoms with Gasteiger partial charge in [0.2, 0.25) is 0 Å². The number of rotatable bonds is 8. The van der Waals surface area contributed by atoms with Crippen molar-refractivity contribution in [2.75, 3.05) is 13.1 Å². The highest BCUT2D eigenvalue weighted by molar-refractivity contribution is 5.93. The van der Waals surface area contributed by atoms with Crippen molar-refractivity contribution in [2.24, 2.45) is 11.8 Å². The number of alkyl halides is 3. The first kappa shape index (κ1) is 33.4. The van der Waals surface area contributed by atoms with Crippen LogP contribution in [-0.2, 0) is 11.0 Å². The maximum Gasteiger partial charge on any atom is 0.416 e. The Labute approximate surface area is 242 Å². The molecule has 4 N–H and O–H groups in total. The average molecular weight is 569 g/mol.